The standard InChI is InChI=1S/C10H18O5/c1-4-9(11)15-7-6-14-8(3)10(12)13-5-2/h8H,4-7H2,1-3H3. The van der Waals surface area contributed by atoms with E-state index in [0.717, 1.165) is 0 Å². The van der Waals surface area contributed by atoms with Crippen LogP contribution in [0.25, 0.3) is 0 Å². The molecule has 0 aromatic heterocycles. The highest BCUT2D eigenvalue weighted by atomic mass is 16.6. The van der Waals surface area contributed by atoms with Crippen molar-refractivity contribution in [3.05, 3.63) is 0 Å². The fourth-order valence-electron chi connectivity index (χ4n) is 0.810. The van der Waals surface area contributed by atoms with Crippen LogP contribution in [0.15, 0.2) is 0 Å². The molecule has 0 aliphatic carbocycles. The van der Waals surface area contributed by atoms with Crippen molar-refractivity contribution in [1.82, 2.24) is 0 Å². The van der Waals surface area contributed by atoms with Crippen LogP contribution in [0.2, 0.25) is 0 Å². The van der Waals surface area contributed by atoms with Crippen LogP contribution in [-0.4, -0.2) is 37.9 Å². The summed E-state index contributed by atoms with van der Waals surface area (Å²) in [6.07, 6.45) is -0.279. The fourth-order valence-corrected chi connectivity index (χ4v) is 0.810. The average molecular weight is 218 g/mol. The van der Waals surface area contributed by atoms with Crippen LogP contribution in [0.4, 0.5) is 0 Å². The molecule has 0 rings (SSSR count). The Labute approximate surface area is 89.7 Å². The molecule has 5 nitrogen and oxygen atoms in total. The quantitative estimate of drug-likeness (QED) is 0.469. The molecule has 0 aliphatic heterocycles. The van der Waals surface area contributed by atoms with Gasteiger partial charge in [-0.2, -0.15) is 0 Å². The van der Waals surface area contributed by atoms with Crippen molar-refractivity contribution in [3.63, 3.8) is 0 Å². The van der Waals surface area contributed by atoms with E-state index in [1.165, 1.54) is 0 Å². The van der Waals surface area contributed by atoms with E-state index in [1.54, 1.807) is 20.8 Å². The van der Waals surface area contributed by atoms with E-state index in [1.807, 2.05) is 0 Å². The third-order valence-electron chi connectivity index (χ3n) is 1.62. The van der Waals surface area contributed by atoms with Gasteiger partial charge in [0.05, 0.1) is 13.2 Å². The summed E-state index contributed by atoms with van der Waals surface area (Å²) in [5.41, 5.74) is 0. The van der Waals surface area contributed by atoms with Gasteiger partial charge in [0.1, 0.15) is 6.61 Å². The maximum absolute atomic E-state index is 11.1. The molecule has 0 N–H and O–H groups in total. The largest absolute Gasteiger partial charge is 0.464 e. The Morgan fingerprint density at radius 2 is 1.80 bits per heavy atom. The van der Waals surface area contributed by atoms with Crippen LogP contribution < -0.4 is 0 Å². The Bertz CT molecular complexity index is 202. The van der Waals surface area contributed by atoms with Gasteiger partial charge in [-0.25, -0.2) is 4.79 Å². The molecule has 88 valence electrons. The van der Waals surface area contributed by atoms with Crippen LogP contribution in [0.5, 0.6) is 0 Å². The number of rotatable bonds is 7. The zero-order valence-corrected chi connectivity index (χ0v) is 9.45. The molecule has 0 heterocycles. The van der Waals surface area contributed by atoms with Crippen molar-refractivity contribution < 1.29 is 23.8 Å². The second kappa shape index (κ2) is 8.23. The highest BCUT2D eigenvalue weighted by Gasteiger charge is 2.13. The van der Waals surface area contributed by atoms with E-state index in [-0.39, 0.29) is 19.2 Å². The minimum atomic E-state index is -0.620. The highest BCUT2D eigenvalue weighted by molar-refractivity contribution is 5.74. The summed E-state index contributed by atoms with van der Waals surface area (Å²) in [7, 11) is 0. The smallest absolute Gasteiger partial charge is 0.334 e. The van der Waals surface area contributed by atoms with E-state index in [2.05, 4.69) is 0 Å². The first-order chi connectivity index (χ1) is 7.11. The number of hydrogen-bond acceptors (Lipinski definition) is 5. The van der Waals surface area contributed by atoms with Gasteiger partial charge in [-0.3, -0.25) is 4.79 Å². The summed E-state index contributed by atoms with van der Waals surface area (Å²) in [5.74, 6) is -0.679. The van der Waals surface area contributed by atoms with Crippen molar-refractivity contribution >= 4 is 11.9 Å². The normalized spacial score (nSPS) is 11.9. The van der Waals surface area contributed by atoms with Gasteiger partial charge in [-0.15, -0.1) is 0 Å². The van der Waals surface area contributed by atoms with Crippen LogP contribution in [0, 0.1) is 0 Å². The highest BCUT2D eigenvalue weighted by Crippen LogP contribution is 1.95. The third-order valence-corrected chi connectivity index (χ3v) is 1.62. The predicted molar refractivity (Wildman–Crippen MR) is 53.3 cm³/mol. The van der Waals surface area contributed by atoms with Gasteiger partial charge in [0.25, 0.3) is 0 Å². The monoisotopic (exact) mass is 218 g/mol. The van der Waals surface area contributed by atoms with E-state index < -0.39 is 12.1 Å². The van der Waals surface area contributed by atoms with Gasteiger partial charge in [0, 0.05) is 6.42 Å². The maximum Gasteiger partial charge on any atom is 0.334 e. The number of hydrogen-bond donors (Lipinski definition) is 0. The summed E-state index contributed by atoms with van der Waals surface area (Å²) >= 11 is 0. The summed E-state index contributed by atoms with van der Waals surface area (Å²) in [6, 6.07) is 0. The van der Waals surface area contributed by atoms with Crippen molar-refractivity contribution in [1.29, 1.82) is 0 Å². The van der Waals surface area contributed by atoms with E-state index in [4.69, 9.17) is 14.2 Å². The third kappa shape index (κ3) is 6.90. The Balaban J connectivity index is 3.50. The minimum Gasteiger partial charge on any atom is -0.464 e. The predicted octanol–water partition coefficient (Wildman–Crippen LogP) is 0.908. The number of esters is 2. The number of ether oxygens (including phenoxy) is 3. The molecular weight excluding hydrogens is 200 g/mol. The molecule has 0 saturated carbocycles. The molecule has 0 bridgehead atoms. The molecule has 0 amide bonds. The van der Waals surface area contributed by atoms with Crippen molar-refractivity contribution in [3.8, 4) is 0 Å². The second-order valence-corrected chi connectivity index (χ2v) is 2.84. The molecule has 0 fully saturated rings. The molecule has 0 aliphatic rings. The number of carbonyl (C=O) groups excluding carboxylic acids is 2. The SMILES string of the molecule is CCOC(=O)C(C)OCCOC(=O)CC. The second-order valence-electron chi connectivity index (χ2n) is 2.84. The molecule has 1 unspecified atom stereocenters. The molecule has 15 heavy (non-hydrogen) atoms. The van der Waals surface area contributed by atoms with Crippen LogP contribution in [0.1, 0.15) is 27.2 Å². The van der Waals surface area contributed by atoms with Crippen LogP contribution >= 0.6 is 0 Å². The Kier molecular flexibility index (Phi) is 7.62. The zero-order chi connectivity index (χ0) is 11.7. The summed E-state index contributed by atoms with van der Waals surface area (Å²) in [4.78, 5) is 21.8. The Hall–Kier alpha value is -1.10. The Morgan fingerprint density at radius 1 is 1.13 bits per heavy atom. The summed E-state index contributed by atoms with van der Waals surface area (Å²) < 4.78 is 14.6. The van der Waals surface area contributed by atoms with E-state index >= 15 is 0 Å². The fraction of sp³-hybridized carbons (Fsp3) is 0.800. The summed E-state index contributed by atoms with van der Waals surface area (Å²) in [5, 5.41) is 0. The van der Waals surface area contributed by atoms with Gasteiger partial charge >= 0.3 is 11.9 Å². The molecule has 1 atom stereocenters. The van der Waals surface area contributed by atoms with Gasteiger partial charge < -0.3 is 14.2 Å². The molecule has 0 aromatic rings. The van der Waals surface area contributed by atoms with E-state index in [9.17, 15) is 9.59 Å². The van der Waals surface area contributed by atoms with Gasteiger partial charge in [-0.1, -0.05) is 6.92 Å². The molecular formula is C10H18O5. The molecule has 0 aromatic carbocycles. The topological polar surface area (TPSA) is 61.8 Å². The summed E-state index contributed by atoms with van der Waals surface area (Å²) in [6.45, 7) is 5.73. The maximum atomic E-state index is 11.1. The van der Waals surface area contributed by atoms with E-state index in [0.29, 0.717) is 13.0 Å². The van der Waals surface area contributed by atoms with Crippen molar-refractivity contribution in [2.45, 2.75) is 33.3 Å². The van der Waals surface area contributed by atoms with Crippen LogP contribution in [0.3, 0.4) is 0 Å². The minimum absolute atomic E-state index is 0.163. The lowest BCUT2D eigenvalue weighted by molar-refractivity contribution is -0.157. The lowest BCUT2D eigenvalue weighted by atomic mass is 10.4. The molecule has 0 radical (unpaired) electrons. The molecule has 0 saturated heterocycles. The lowest BCUT2D eigenvalue weighted by Gasteiger charge is -2.11. The van der Waals surface area contributed by atoms with Gasteiger partial charge in [-0.05, 0) is 13.8 Å². The van der Waals surface area contributed by atoms with Crippen LogP contribution in [-0.2, 0) is 23.8 Å². The van der Waals surface area contributed by atoms with Gasteiger partial charge in [0.2, 0.25) is 0 Å². The first kappa shape index (κ1) is 13.9. The Morgan fingerprint density at radius 3 is 2.33 bits per heavy atom. The molecule has 0 spiro atoms. The average Bonchev–Trinajstić information content (AvgIpc) is 2.23. The molecule has 5 heteroatoms. The zero-order valence-electron chi connectivity index (χ0n) is 9.45. The number of carbonyl (C=O) groups is 2. The van der Waals surface area contributed by atoms with Crippen molar-refractivity contribution in [2.24, 2.45) is 0 Å². The first-order valence-electron chi connectivity index (χ1n) is 5.05. The van der Waals surface area contributed by atoms with Gasteiger partial charge in [0.15, 0.2) is 6.10 Å². The first-order valence-corrected chi connectivity index (χ1v) is 5.05. The lowest BCUT2D eigenvalue weighted by Crippen LogP contribution is -2.25. The van der Waals surface area contributed by atoms with Crippen molar-refractivity contribution in [2.75, 3.05) is 19.8 Å².